The molecule has 3 N–H and O–H groups in total. The Bertz CT molecular complexity index is 977. The van der Waals surface area contributed by atoms with Gasteiger partial charge in [-0.15, -0.1) is 0 Å². The summed E-state index contributed by atoms with van der Waals surface area (Å²) in [5, 5.41) is 14.8. The maximum absolute atomic E-state index is 12.8. The first-order valence-electron chi connectivity index (χ1n) is 7.68. The summed E-state index contributed by atoms with van der Waals surface area (Å²) >= 11 is 0. The van der Waals surface area contributed by atoms with Crippen molar-refractivity contribution >= 4 is 29.0 Å². The predicted octanol–water partition coefficient (Wildman–Crippen LogP) is 4.68. The number of carboxylic acid groups (broad SMARTS) is 1. The van der Waals surface area contributed by atoms with Crippen LogP contribution in [-0.4, -0.2) is 21.0 Å². The zero-order valence-corrected chi connectivity index (χ0v) is 13.7. The standard InChI is InChI=1S/C18H13F3N4O2/c19-18(20,21)11-4-3-5-12(8-11)24-15-9-16(23-10-22-15)25-14-7-2-1-6-13(14)17(26)27/h1-10H,(H,26,27)(H2,22,23,24,25). The fourth-order valence-corrected chi connectivity index (χ4v) is 2.33. The maximum Gasteiger partial charge on any atom is 0.416 e. The second kappa shape index (κ2) is 7.32. The third-order valence-corrected chi connectivity index (χ3v) is 3.55. The molecule has 0 spiro atoms. The van der Waals surface area contributed by atoms with Gasteiger partial charge in [-0.1, -0.05) is 18.2 Å². The van der Waals surface area contributed by atoms with Crippen molar-refractivity contribution in [1.82, 2.24) is 9.97 Å². The Hall–Kier alpha value is -3.62. The molecule has 2 aromatic carbocycles. The molecule has 138 valence electrons. The lowest BCUT2D eigenvalue weighted by atomic mass is 10.2. The van der Waals surface area contributed by atoms with Crippen molar-refractivity contribution in [3.05, 3.63) is 72.1 Å². The molecule has 3 rings (SSSR count). The van der Waals surface area contributed by atoms with Crippen LogP contribution in [0.4, 0.5) is 36.2 Å². The summed E-state index contributed by atoms with van der Waals surface area (Å²) in [6.45, 7) is 0. The zero-order chi connectivity index (χ0) is 19.4. The van der Waals surface area contributed by atoms with Crippen LogP contribution in [-0.2, 0) is 6.18 Å². The van der Waals surface area contributed by atoms with Gasteiger partial charge in [0.2, 0.25) is 0 Å². The van der Waals surface area contributed by atoms with Crippen molar-refractivity contribution in [2.75, 3.05) is 10.6 Å². The summed E-state index contributed by atoms with van der Waals surface area (Å²) in [6, 6.07) is 12.4. The summed E-state index contributed by atoms with van der Waals surface area (Å²) in [7, 11) is 0. The van der Waals surface area contributed by atoms with E-state index in [1.165, 1.54) is 30.6 Å². The van der Waals surface area contributed by atoms with E-state index in [1.807, 2.05) is 0 Å². The SMILES string of the molecule is O=C(O)c1ccccc1Nc1cc(Nc2cccc(C(F)(F)F)c2)ncn1. The van der Waals surface area contributed by atoms with E-state index in [0.29, 0.717) is 5.69 Å². The van der Waals surface area contributed by atoms with Crippen LogP contribution in [0.15, 0.2) is 60.9 Å². The van der Waals surface area contributed by atoms with Gasteiger partial charge in [-0.05, 0) is 30.3 Å². The highest BCUT2D eigenvalue weighted by Crippen LogP contribution is 2.31. The van der Waals surface area contributed by atoms with Crippen molar-refractivity contribution < 1.29 is 23.1 Å². The molecule has 9 heteroatoms. The zero-order valence-electron chi connectivity index (χ0n) is 13.7. The highest BCUT2D eigenvalue weighted by atomic mass is 19.4. The van der Waals surface area contributed by atoms with E-state index in [4.69, 9.17) is 0 Å². The van der Waals surface area contributed by atoms with Crippen LogP contribution in [0.2, 0.25) is 0 Å². The van der Waals surface area contributed by atoms with Crippen LogP contribution in [0.3, 0.4) is 0 Å². The van der Waals surface area contributed by atoms with E-state index >= 15 is 0 Å². The van der Waals surface area contributed by atoms with Gasteiger partial charge in [0.15, 0.2) is 0 Å². The van der Waals surface area contributed by atoms with Gasteiger partial charge in [0.05, 0.1) is 16.8 Å². The fourth-order valence-electron chi connectivity index (χ4n) is 2.33. The van der Waals surface area contributed by atoms with Crippen molar-refractivity contribution in [2.45, 2.75) is 6.18 Å². The van der Waals surface area contributed by atoms with Crippen molar-refractivity contribution in [1.29, 1.82) is 0 Å². The smallest absolute Gasteiger partial charge is 0.416 e. The lowest BCUT2D eigenvalue weighted by Crippen LogP contribution is -2.06. The van der Waals surface area contributed by atoms with Crippen LogP contribution in [0.25, 0.3) is 0 Å². The first kappa shape index (κ1) is 18.2. The number of aromatic nitrogens is 2. The Kier molecular flexibility index (Phi) is 4.93. The van der Waals surface area contributed by atoms with E-state index in [9.17, 15) is 23.1 Å². The maximum atomic E-state index is 12.8. The number of alkyl halides is 3. The Balaban J connectivity index is 1.82. The molecule has 0 saturated carbocycles. The second-order valence-corrected chi connectivity index (χ2v) is 5.47. The Morgan fingerprint density at radius 3 is 2.33 bits per heavy atom. The molecule has 1 aromatic heterocycles. The van der Waals surface area contributed by atoms with E-state index < -0.39 is 17.7 Å². The van der Waals surface area contributed by atoms with Crippen LogP contribution in [0, 0.1) is 0 Å². The molecular weight excluding hydrogens is 361 g/mol. The molecule has 0 aliphatic rings. The number of carbonyl (C=O) groups is 1. The number of nitrogens with one attached hydrogen (secondary N) is 2. The summed E-state index contributed by atoms with van der Waals surface area (Å²) in [5.74, 6) is -0.567. The minimum Gasteiger partial charge on any atom is -0.478 e. The van der Waals surface area contributed by atoms with Gasteiger partial charge in [-0.25, -0.2) is 14.8 Å². The lowest BCUT2D eigenvalue weighted by Gasteiger charge is -2.12. The molecule has 0 aliphatic carbocycles. The number of rotatable bonds is 5. The molecule has 0 radical (unpaired) electrons. The van der Waals surface area contributed by atoms with E-state index in [1.54, 1.807) is 18.2 Å². The third-order valence-electron chi connectivity index (χ3n) is 3.55. The average Bonchev–Trinajstić information content (AvgIpc) is 2.62. The molecule has 0 saturated heterocycles. The number of hydrogen-bond acceptors (Lipinski definition) is 5. The number of halogens is 3. The molecule has 0 atom stereocenters. The molecule has 0 aliphatic heterocycles. The minimum atomic E-state index is -4.45. The van der Waals surface area contributed by atoms with E-state index in [-0.39, 0.29) is 22.9 Å². The van der Waals surface area contributed by atoms with E-state index in [0.717, 1.165) is 12.1 Å². The molecule has 27 heavy (non-hydrogen) atoms. The predicted molar refractivity (Wildman–Crippen MR) is 93.4 cm³/mol. The summed E-state index contributed by atoms with van der Waals surface area (Å²) < 4.78 is 38.4. The molecular formula is C18H13F3N4O2. The van der Waals surface area contributed by atoms with Crippen LogP contribution < -0.4 is 10.6 Å². The summed E-state index contributed by atoms with van der Waals surface area (Å²) in [5.41, 5.74) is -0.187. The molecule has 1 heterocycles. The largest absolute Gasteiger partial charge is 0.478 e. The summed E-state index contributed by atoms with van der Waals surface area (Å²) in [4.78, 5) is 19.2. The molecule has 6 nitrogen and oxygen atoms in total. The topological polar surface area (TPSA) is 87.1 Å². The van der Waals surface area contributed by atoms with Crippen LogP contribution in [0.1, 0.15) is 15.9 Å². The molecule has 0 bridgehead atoms. The highest BCUT2D eigenvalue weighted by Gasteiger charge is 2.30. The number of benzene rings is 2. The summed E-state index contributed by atoms with van der Waals surface area (Å²) in [6.07, 6.45) is -3.24. The third kappa shape index (κ3) is 4.51. The van der Waals surface area contributed by atoms with Crippen molar-refractivity contribution in [2.24, 2.45) is 0 Å². The van der Waals surface area contributed by atoms with E-state index in [2.05, 4.69) is 20.6 Å². The van der Waals surface area contributed by atoms with Crippen LogP contribution in [0.5, 0.6) is 0 Å². The fraction of sp³-hybridized carbons (Fsp3) is 0.0556. The minimum absolute atomic E-state index is 0.0588. The number of para-hydroxylation sites is 1. The van der Waals surface area contributed by atoms with Gasteiger partial charge in [-0.2, -0.15) is 13.2 Å². The number of nitrogens with zero attached hydrogens (tertiary/aromatic N) is 2. The Morgan fingerprint density at radius 1 is 0.926 bits per heavy atom. The van der Waals surface area contributed by atoms with Gasteiger partial charge in [-0.3, -0.25) is 0 Å². The van der Waals surface area contributed by atoms with Gasteiger partial charge in [0.25, 0.3) is 0 Å². The quantitative estimate of drug-likeness (QED) is 0.601. The van der Waals surface area contributed by atoms with Crippen molar-refractivity contribution in [3.8, 4) is 0 Å². The molecule has 3 aromatic rings. The number of hydrogen-bond donors (Lipinski definition) is 3. The van der Waals surface area contributed by atoms with Crippen molar-refractivity contribution in [3.63, 3.8) is 0 Å². The number of aromatic carboxylic acids is 1. The lowest BCUT2D eigenvalue weighted by molar-refractivity contribution is -0.137. The highest BCUT2D eigenvalue weighted by molar-refractivity contribution is 5.95. The first-order valence-corrected chi connectivity index (χ1v) is 7.68. The monoisotopic (exact) mass is 374 g/mol. The number of carboxylic acids is 1. The second-order valence-electron chi connectivity index (χ2n) is 5.47. The van der Waals surface area contributed by atoms with Gasteiger partial charge in [0.1, 0.15) is 18.0 Å². The van der Waals surface area contributed by atoms with Gasteiger partial charge in [0, 0.05) is 11.8 Å². The number of anilines is 4. The van der Waals surface area contributed by atoms with Gasteiger partial charge >= 0.3 is 12.1 Å². The van der Waals surface area contributed by atoms with Crippen LogP contribution >= 0.6 is 0 Å². The Morgan fingerprint density at radius 2 is 1.63 bits per heavy atom. The average molecular weight is 374 g/mol. The normalized spacial score (nSPS) is 11.1. The first-order chi connectivity index (χ1) is 12.8. The molecule has 0 unspecified atom stereocenters. The molecule has 0 amide bonds. The molecule has 0 fully saturated rings. The Labute approximate surface area is 151 Å². The van der Waals surface area contributed by atoms with Gasteiger partial charge < -0.3 is 15.7 Å².